The number of piperazine rings is 1. The molecule has 0 bridgehead atoms. The van der Waals surface area contributed by atoms with Crippen LogP contribution in [0.15, 0.2) is 18.2 Å². The van der Waals surface area contributed by atoms with Crippen LogP contribution in [0.25, 0.3) is 0 Å². The average Bonchev–Trinajstić information content (AvgIpc) is 3.25. The third-order valence-corrected chi connectivity index (χ3v) is 8.32. The maximum absolute atomic E-state index is 13.6. The zero-order chi connectivity index (χ0) is 28.4. The molecule has 1 unspecified atom stereocenters. The normalized spacial score (nSPS) is 21.9. The smallest absolute Gasteiger partial charge is 0.425 e. The van der Waals surface area contributed by atoms with Gasteiger partial charge in [-0.15, -0.1) is 0 Å². The number of carbonyl (C=O) groups excluding carboxylic acids is 1. The first kappa shape index (κ1) is 29.7. The van der Waals surface area contributed by atoms with E-state index in [1.54, 1.807) is 0 Å². The van der Waals surface area contributed by atoms with E-state index < -0.39 is 36.8 Å². The number of nitrogens with zero attached hydrogens (tertiary/aromatic N) is 4. The highest BCUT2D eigenvalue weighted by molar-refractivity contribution is 5.68. The first-order valence-corrected chi connectivity index (χ1v) is 13.3. The van der Waals surface area contributed by atoms with Crippen molar-refractivity contribution in [3.8, 4) is 0 Å². The molecule has 1 atom stereocenters. The lowest BCUT2D eigenvalue weighted by atomic mass is 9.84. The molecule has 4 rings (SSSR count). The second-order valence-corrected chi connectivity index (χ2v) is 10.7. The topological polar surface area (TPSA) is 39.3 Å². The van der Waals surface area contributed by atoms with Crippen molar-refractivity contribution in [2.75, 3.05) is 63.9 Å². The van der Waals surface area contributed by atoms with Crippen LogP contribution in [-0.2, 0) is 17.5 Å². The van der Waals surface area contributed by atoms with Crippen LogP contribution in [0.2, 0.25) is 0 Å². The lowest BCUT2D eigenvalue weighted by molar-refractivity contribution is -0.200. The highest BCUT2D eigenvalue weighted by atomic mass is 19.4. The van der Waals surface area contributed by atoms with Crippen LogP contribution in [0.3, 0.4) is 0 Å². The molecule has 0 saturated carbocycles. The molecule has 3 saturated heterocycles. The highest BCUT2D eigenvalue weighted by Crippen LogP contribution is 2.41. The van der Waals surface area contributed by atoms with Crippen molar-refractivity contribution in [2.24, 2.45) is 0 Å². The van der Waals surface area contributed by atoms with E-state index in [2.05, 4.69) is 9.64 Å². The van der Waals surface area contributed by atoms with Gasteiger partial charge in [-0.1, -0.05) is 6.07 Å². The summed E-state index contributed by atoms with van der Waals surface area (Å²) in [5.74, 6) is 0. The third-order valence-electron chi connectivity index (χ3n) is 8.32. The largest absolute Gasteiger partial charge is 0.437 e. The SMILES string of the molecule is CC(OC(=O)N1CCC2(CCCN2Cc2ccc(C(F)(F)F)cc2N2CCN(CCF)CC2)CC1)C(F)(F)F. The van der Waals surface area contributed by atoms with Crippen LogP contribution in [0, 0.1) is 0 Å². The Morgan fingerprint density at radius 2 is 1.64 bits per heavy atom. The molecular weight excluding hydrogens is 533 g/mol. The van der Waals surface area contributed by atoms with E-state index in [9.17, 15) is 35.5 Å². The molecule has 1 aromatic carbocycles. The minimum absolute atomic E-state index is 0.246. The maximum Gasteiger partial charge on any atom is 0.425 e. The number of alkyl halides is 7. The summed E-state index contributed by atoms with van der Waals surface area (Å²) < 4.78 is 96.5. The van der Waals surface area contributed by atoms with Crippen molar-refractivity contribution in [2.45, 2.75) is 63.1 Å². The van der Waals surface area contributed by atoms with E-state index in [1.807, 2.05) is 9.80 Å². The van der Waals surface area contributed by atoms with Crippen molar-refractivity contribution in [1.82, 2.24) is 14.7 Å². The van der Waals surface area contributed by atoms with Crippen LogP contribution >= 0.6 is 0 Å². The molecule has 3 aliphatic rings. The Labute approximate surface area is 223 Å². The summed E-state index contributed by atoms with van der Waals surface area (Å²) in [5.41, 5.74) is 0.285. The fourth-order valence-electron chi connectivity index (χ4n) is 5.91. The second-order valence-electron chi connectivity index (χ2n) is 10.7. The molecule has 0 aliphatic carbocycles. The lowest BCUT2D eigenvalue weighted by Crippen LogP contribution is -2.53. The molecule has 6 nitrogen and oxygen atoms in total. The molecule has 1 amide bonds. The van der Waals surface area contributed by atoms with Gasteiger partial charge in [0.1, 0.15) is 6.67 Å². The third kappa shape index (κ3) is 6.90. The Bertz CT molecular complexity index is 987. The van der Waals surface area contributed by atoms with Crippen LogP contribution in [0.4, 0.5) is 41.2 Å². The quantitative estimate of drug-likeness (QED) is 0.435. The van der Waals surface area contributed by atoms with Gasteiger partial charge in [0.25, 0.3) is 0 Å². The Hall–Kier alpha value is -2.28. The Morgan fingerprint density at radius 3 is 2.23 bits per heavy atom. The molecule has 3 heterocycles. The zero-order valence-electron chi connectivity index (χ0n) is 22.0. The van der Waals surface area contributed by atoms with Gasteiger partial charge in [-0.3, -0.25) is 9.80 Å². The lowest BCUT2D eigenvalue weighted by Gasteiger charge is -2.45. The van der Waals surface area contributed by atoms with E-state index in [-0.39, 0.29) is 18.6 Å². The molecule has 3 aliphatic heterocycles. The number of halogens is 7. The minimum Gasteiger partial charge on any atom is -0.437 e. The first-order valence-electron chi connectivity index (χ1n) is 13.3. The number of piperidine rings is 1. The monoisotopic (exact) mass is 568 g/mol. The fourth-order valence-corrected chi connectivity index (χ4v) is 5.91. The van der Waals surface area contributed by atoms with E-state index in [0.717, 1.165) is 37.9 Å². The van der Waals surface area contributed by atoms with Crippen LogP contribution < -0.4 is 4.90 Å². The number of hydrogen-bond donors (Lipinski definition) is 0. The molecule has 1 spiro atoms. The standard InChI is InChI=1S/C26H35F7N4O2/c1-19(25(28,29)30)39-23(38)36-10-6-24(7-11-36)5-2-9-37(24)18-20-3-4-21(26(31,32)33)17-22(20)35-15-13-34(12-8-27)14-16-35/h3-4,17,19H,2,5-16,18H2,1H3. The van der Waals surface area contributed by atoms with Crippen LogP contribution in [0.5, 0.6) is 0 Å². The Morgan fingerprint density at radius 1 is 0.974 bits per heavy atom. The Balaban J connectivity index is 1.47. The van der Waals surface area contributed by atoms with Crippen molar-refractivity contribution in [3.05, 3.63) is 29.3 Å². The average molecular weight is 569 g/mol. The van der Waals surface area contributed by atoms with Crippen molar-refractivity contribution < 1.29 is 40.3 Å². The molecule has 0 N–H and O–H groups in total. The summed E-state index contributed by atoms with van der Waals surface area (Å²) in [6.45, 7) is 4.39. The second kappa shape index (κ2) is 11.7. The molecule has 13 heteroatoms. The fraction of sp³-hybridized carbons (Fsp3) is 0.731. The molecule has 1 aromatic rings. The molecule has 3 fully saturated rings. The molecule has 39 heavy (non-hydrogen) atoms. The number of benzene rings is 1. The van der Waals surface area contributed by atoms with E-state index in [0.29, 0.717) is 57.8 Å². The van der Waals surface area contributed by atoms with Gasteiger partial charge in [0.2, 0.25) is 0 Å². The van der Waals surface area contributed by atoms with Crippen LogP contribution in [-0.4, -0.2) is 97.6 Å². The maximum atomic E-state index is 13.6. The van der Waals surface area contributed by atoms with Crippen molar-refractivity contribution >= 4 is 11.8 Å². The summed E-state index contributed by atoms with van der Waals surface area (Å²) in [6, 6.07) is 3.83. The summed E-state index contributed by atoms with van der Waals surface area (Å²) in [4.78, 5) is 19.7. The van der Waals surface area contributed by atoms with E-state index >= 15 is 0 Å². The summed E-state index contributed by atoms with van der Waals surface area (Å²) in [7, 11) is 0. The van der Waals surface area contributed by atoms with Gasteiger partial charge in [0.05, 0.1) is 5.56 Å². The minimum atomic E-state index is -4.63. The number of hydrogen-bond acceptors (Lipinski definition) is 5. The van der Waals surface area contributed by atoms with Gasteiger partial charge in [-0.25, -0.2) is 9.18 Å². The number of likely N-dealkylation sites (tertiary alicyclic amines) is 2. The molecule has 220 valence electrons. The number of carbonyl (C=O) groups is 1. The van der Waals surface area contributed by atoms with Gasteiger partial charge in [0, 0.05) is 63.6 Å². The number of amides is 1. The van der Waals surface area contributed by atoms with Gasteiger partial charge >= 0.3 is 18.4 Å². The molecular formula is C26H35F7N4O2. The molecule has 0 aromatic heterocycles. The van der Waals surface area contributed by atoms with Gasteiger partial charge in [-0.05, 0) is 56.8 Å². The van der Waals surface area contributed by atoms with E-state index in [4.69, 9.17) is 0 Å². The van der Waals surface area contributed by atoms with Gasteiger partial charge in [0.15, 0.2) is 6.10 Å². The highest BCUT2D eigenvalue weighted by Gasteiger charge is 2.46. The zero-order valence-corrected chi connectivity index (χ0v) is 22.0. The number of anilines is 1. The number of rotatable bonds is 6. The Kier molecular flexibility index (Phi) is 8.89. The van der Waals surface area contributed by atoms with E-state index in [1.165, 1.54) is 17.0 Å². The first-order chi connectivity index (χ1) is 18.3. The van der Waals surface area contributed by atoms with Crippen LogP contribution in [0.1, 0.15) is 43.7 Å². The van der Waals surface area contributed by atoms with Gasteiger partial charge in [-0.2, -0.15) is 26.3 Å². The number of ether oxygens (including phenoxy) is 1. The van der Waals surface area contributed by atoms with Gasteiger partial charge < -0.3 is 14.5 Å². The van der Waals surface area contributed by atoms with Crippen molar-refractivity contribution in [3.63, 3.8) is 0 Å². The predicted octanol–water partition coefficient (Wildman–Crippen LogP) is 5.31. The molecule has 0 radical (unpaired) electrons. The summed E-state index contributed by atoms with van der Waals surface area (Å²) >= 11 is 0. The van der Waals surface area contributed by atoms with Crippen molar-refractivity contribution in [1.29, 1.82) is 0 Å². The predicted molar refractivity (Wildman–Crippen MR) is 131 cm³/mol. The summed E-state index contributed by atoms with van der Waals surface area (Å²) in [5, 5.41) is 0. The summed E-state index contributed by atoms with van der Waals surface area (Å²) in [6.07, 6.45) is -9.49.